The van der Waals surface area contributed by atoms with Crippen molar-refractivity contribution in [3.63, 3.8) is 0 Å². The molecule has 8 heteroatoms. The normalized spacial score (nSPS) is 6.75. The van der Waals surface area contributed by atoms with E-state index in [-0.39, 0.29) is 37.7 Å². The molecule has 0 aliphatic carbocycles. The van der Waals surface area contributed by atoms with E-state index in [1.54, 1.807) is 0 Å². The molecule has 0 aromatic carbocycles. The van der Waals surface area contributed by atoms with Crippen LogP contribution >= 0.6 is 39.3 Å². The van der Waals surface area contributed by atoms with Crippen LogP contribution in [0.1, 0.15) is 0 Å². The smallest absolute Gasteiger partial charge is 0.706 e. The van der Waals surface area contributed by atoms with Crippen LogP contribution < -0.4 is 37.7 Å². The predicted molar refractivity (Wildman–Crippen MR) is 45.1 cm³/mol. The molecular weight excluding hydrogens is 206 g/mol. The number of rotatable bonds is 3. The molecule has 0 aliphatic rings. The number of hydrogen-bond donors (Lipinski definition) is 0. The van der Waals surface area contributed by atoms with Crippen molar-refractivity contribution in [2.45, 2.75) is 0 Å². The summed E-state index contributed by atoms with van der Waals surface area (Å²) in [6, 6.07) is 0. The summed E-state index contributed by atoms with van der Waals surface area (Å²) in [5.41, 5.74) is 0. The van der Waals surface area contributed by atoms with Crippen LogP contribution in [0.25, 0.3) is 0 Å². The zero-order valence-corrected chi connectivity index (χ0v) is 9.35. The summed E-state index contributed by atoms with van der Waals surface area (Å²) >= 11 is 9.03. The molecule has 0 aromatic rings. The Hall–Kier alpha value is 3.29. The molecule has 0 saturated heterocycles. The van der Waals surface area contributed by atoms with E-state index >= 15 is 0 Å². The molecule has 0 unspecified atom stereocenters. The Morgan fingerprint density at radius 3 is 1.12 bits per heavy atom. The second kappa shape index (κ2) is 16.7. The molecule has 0 fully saturated rings. The largest absolute Gasteiger partial charge is 1.00 e. The molecule has 38 valence electrons. The predicted octanol–water partition coefficient (Wildman–Crippen LogP) is -3.40. The van der Waals surface area contributed by atoms with Gasteiger partial charge in [0.25, 0.3) is 0 Å². The van der Waals surface area contributed by atoms with Gasteiger partial charge in [-0.3, -0.25) is 19.7 Å². The van der Waals surface area contributed by atoms with Crippen molar-refractivity contribution in [3.8, 4) is 0 Å². The van der Waals surface area contributed by atoms with E-state index in [1.807, 2.05) is 0 Å². The Balaban J connectivity index is -0.000000125. The Morgan fingerprint density at radius 1 is 0.750 bits per heavy atom. The molecule has 0 amide bonds. The molecule has 0 rings (SSSR count). The van der Waals surface area contributed by atoms with Crippen molar-refractivity contribution in [1.29, 1.82) is 0 Å². The summed E-state index contributed by atoms with van der Waals surface area (Å²) in [6.07, 6.45) is 0. The number of hydrogen-bond acceptors (Lipinski definition) is 6. The minimum absolute atomic E-state index is 0. The van der Waals surface area contributed by atoms with Crippen molar-refractivity contribution in [2.24, 2.45) is 0 Å². The first-order valence-corrected chi connectivity index (χ1v) is 7.50. The van der Waals surface area contributed by atoms with Crippen LogP contribution in [0.15, 0.2) is 0 Å². The van der Waals surface area contributed by atoms with Gasteiger partial charge in [-0.1, -0.05) is 0 Å². The average molecular weight is 206 g/mol. The maximum atomic E-state index is 4.52. The van der Waals surface area contributed by atoms with Gasteiger partial charge in [0.15, 0.2) is 0 Å². The van der Waals surface area contributed by atoms with E-state index < -0.39 is 0 Å². The summed E-state index contributed by atoms with van der Waals surface area (Å²) in [5, 5.41) is 0. The molecule has 0 aromatic heterocycles. The molecular formula is Li2S6. The zero-order chi connectivity index (χ0) is 4.83. The molecule has 0 bridgehead atoms. The summed E-state index contributed by atoms with van der Waals surface area (Å²) in [6.45, 7) is 0. The molecule has 0 spiro atoms. The fourth-order valence-electron chi connectivity index (χ4n) is 0.0227. The first-order chi connectivity index (χ1) is 2.91. The summed E-state index contributed by atoms with van der Waals surface area (Å²) in [5.74, 6) is 0. The van der Waals surface area contributed by atoms with Gasteiger partial charge in [0.05, 0.1) is 0 Å². The standard InChI is InChI=1S/2Li.H2S6/c;;1-3-5-6-4-2/h;;1-2H/q2*+1;/p-2. The molecule has 8 heavy (non-hydrogen) atoms. The second-order valence-electron chi connectivity index (χ2n) is 0.272. The first kappa shape index (κ1) is 17.4. The van der Waals surface area contributed by atoms with Crippen molar-refractivity contribution in [1.82, 2.24) is 0 Å². The van der Waals surface area contributed by atoms with E-state index in [2.05, 4.69) is 23.3 Å². The Kier molecular flexibility index (Phi) is 36.3. The fourth-order valence-corrected chi connectivity index (χ4v) is 5.51. The maximum Gasteiger partial charge on any atom is 1.00 e. The molecule has 0 saturated carbocycles. The van der Waals surface area contributed by atoms with Crippen molar-refractivity contribution < 1.29 is 37.7 Å². The van der Waals surface area contributed by atoms with Gasteiger partial charge in [0.1, 0.15) is 0 Å². The molecule has 0 radical (unpaired) electrons. The Labute approximate surface area is 98.8 Å². The van der Waals surface area contributed by atoms with Crippen LogP contribution in [0.2, 0.25) is 0 Å². The molecule has 0 atom stereocenters. The van der Waals surface area contributed by atoms with Gasteiger partial charge in [-0.15, -0.1) is 0 Å². The Morgan fingerprint density at radius 2 is 1.00 bits per heavy atom. The SMILES string of the molecule is [Li+].[Li+].[S-]SSSS[S-]. The van der Waals surface area contributed by atoms with Crippen LogP contribution in [-0.2, 0) is 23.3 Å². The van der Waals surface area contributed by atoms with E-state index in [9.17, 15) is 0 Å². The van der Waals surface area contributed by atoms with Gasteiger partial charge < -0.3 is 23.3 Å². The van der Waals surface area contributed by atoms with Gasteiger partial charge in [-0.2, -0.15) is 0 Å². The average Bonchev–Trinajstić information content (AvgIpc) is 1.61. The third kappa shape index (κ3) is 16.1. The van der Waals surface area contributed by atoms with E-state index in [1.165, 1.54) is 39.3 Å². The topological polar surface area (TPSA) is 0 Å². The zero-order valence-electron chi connectivity index (χ0n) is 4.45. The van der Waals surface area contributed by atoms with E-state index in [0.29, 0.717) is 0 Å². The quantitative estimate of drug-likeness (QED) is 0.203. The van der Waals surface area contributed by atoms with Crippen molar-refractivity contribution in [2.75, 3.05) is 0 Å². The van der Waals surface area contributed by atoms with Gasteiger partial charge in [0.2, 0.25) is 0 Å². The third-order valence-electron chi connectivity index (χ3n) is 0.0833. The van der Waals surface area contributed by atoms with E-state index in [4.69, 9.17) is 0 Å². The summed E-state index contributed by atoms with van der Waals surface area (Å²) in [4.78, 5) is 0. The van der Waals surface area contributed by atoms with Crippen LogP contribution in [0.3, 0.4) is 0 Å². The van der Waals surface area contributed by atoms with Gasteiger partial charge in [-0.05, 0) is 19.7 Å². The Bertz CT molecular complexity index is 18.5. The molecule has 0 nitrogen and oxygen atoms in total. The minimum atomic E-state index is 0. The first-order valence-electron chi connectivity index (χ1n) is 0.833. The van der Waals surface area contributed by atoms with E-state index in [0.717, 1.165) is 0 Å². The summed E-state index contributed by atoms with van der Waals surface area (Å²) < 4.78 is 0. The maximum absolute atomic E-state index is 4.52. The van der Waals surface area contributed by atoms with Gasteiger partial charge >= 0.3 is 37.7 Å². The van der Waals surface area contributed by atoms with Crippen LogP contribution in [-0.4, -0.2) is 0 Å². The molecule has 0 N–H and O–H groups in total. The van der Waals surface area contributed by atoms with Gasteiger partial charge in [0, 0.05) is 0 Å². The molecule has 0 heterocycles. The third-order valence-corrected chi connectivity index (χ3v) is 6.75. The van der Waals surface area contributed by atoms with Crippen molar-refractivity contribution >= 4 is 62.6 Å². The van der Waals surface area contributed by atoms with Crippen LogP contribution in [0.4, 0.5) is 0 Å². The fraction of sp³-hybridized carbons (Fsp3) is 0. The van der Waals surface area contributed by atoms with Crippen LogP contribution in [0, 0.1) is 0 Å². The van der Waals surface area contributed by atoms with Gasteiger partial charge in [-0.25, -0.2) is 0 Å². The minimum Gasteiger partial charge on any atom is -0.706 e. The molecule has 0 aliphatic heterocycles. The monoisotopic (exact) mass is 206 g/mol. The van der Waals surface area contributed by atoms with Crippen molar-refractivity contribution in [3.05, 3.63) is 0 Å². The summed E-state index contributed by atoms with van der Waals surface area (Å²) in [7, 11) is 5.63. The second-order valence-corrected chi connectivity index (χ2v) is 7.35. The van der Waals surface area contributed by atoms with Crippen LogP contribution in [0.5, 0.6) is 0 Å².